The number of nitrogens with one attached hydrogen (secondary N) is 2. The zero-order valence-electron chi connectivity index (χ0n) is 20.5. The zero-order valence-corrected chi connectivity index (χ0v) is 20.5. The predicted octanol–water partition coefficient (Wildman–Crippen LogP) is 3.79. The van der Waals surface area contributed by atoms with E-state index < -0.39 is 0 Å². The monoisotopic (exact) mass is 430 g/mol. The lowest BCUT2D eigenvalue weighted by Gasteiger charge is -2.25. The number of hydrogen-bond acceptors (Lipinski definition) is 4. The second kappa shape index (κ2) is 11.1. The highest BCUT2D eigenvalue weighted by molar-refractivity contribution is 5.94. The maximum absolute atomic E-state index is 12.9. The van der Waals surface area contributed by atoms with Crippen LogP contribution < -0.4 is 10.6 Å². The summed E-state index contributed by atoms with van der Waals surface area (Å²) in [5.74, 6) is 0.791. The minimum atomic E-state index is -0.214. The van der Waals surface area contributed by atoms with E-state index in [1.54, 1.807) is 0 Å². The van der Waals surface area contributed by atoms with Crippen LogP contribution in [-0.4, -0.2) is 66.4 Å². The molecule has 2 amide bonds. The Bertz CT molecular complexity index is 726. The van der Waals surface area contributed by atoms with E-state index in [0.717, 1.165) is 38.3 Å². The number of rotatable bonds is 7. The Morgan fingerprint density at radius 1 is 0.871 bits per heavy atom. The Morgan fingerprint density at radius 2 is 1.35 bits per heavy atom. The van der Waals surface area contributed by atoms with Crippen LogP contribution in [0.4, 0.5) is 5.69 Å². The number of anilines is 1. The Morgan fingerprint density at radius 3 is 1.81 bits per heavy atom. The van der Waals surface area contributed by atoms with Crippen molar-refractivity contribution in [3.63, 3.8) is 0 Å². The van der Waals surface area contributed by atoms with Gasteiger partial charge in [-0.2, -0.15) is 0 Å². The molecule has 2 N–H and O–H groups in total. The second-order valence-electron chi connectivity index (χ2n) is 10.4. The fraction of sp³-hybridized carbons (Fsp3) is 0.680. The van der Waals surface area contributed by atoms with Crippen molar-refractivity contribution < 1.29 is 9.59 Å². The van der Waals surface area contributed by atoms with Crippen LogP contribution in [0.1, 0.15) is 77.8 Å². The van der Waals surface area contributed by atoms with Gasteiger partial charge in [-0.3, -0.25) is 19.4 Å². The summed E-state index contributed by atoms with van der Waals surface area (Å²) < 4.78 is 0. The van der Waals surface area contributed by atoms with Gasteiger partial charge in [0.15, 0.2) is 0 Å². The van der Waals surface area contributed by atoms with Gasteiger partial charge in [-0.05, 0) is 63.2 Å². The quantitative estimate of drug-likeness (QED) is 0.691. The summed E-state index contributed by atoms with van der Waals surface area (Å²) in [6.07, 6.45) is 0.954. The van der Waals surface area contributed by atoms with Crippen molar-refractivity contribution in [3.8, 4) is 0 Å². The fourth-order valence-corrected chi connectivity index (χ4v) is 4.08. The molecule has 0 aliphatic carbocycles. The van der Waals surface area contributed by atoms with E-state index in [2.05, 4.69) is 66.3 Å². The first-order chi connectivity index (χ1) is 14.5. The minimum absolute atomic E-state index is 0.0360. The summed E-state index contributed by atoms with van der Waals surface area (Å²) in [4.78, 5) is 29.6. The molecular formula is C25H42N4O2. The molecule has 6 heteroatoms. The van der Waals surface area contributed by atoms with Gasteiger partial charge in [0.2, 0.25) is 11.8 Å². The first-order valence-corrected chi connectivity index (χ1v) is 11.6. The van der Waals surface area contributed by atoms with Crippen LogP contribution in [0.2, 0.25) is 0 Å². The number of carbonyl (C=O) groups excluding carboxylic acids is 2. The highest BCUT2D eigenvalue weighted by Crippen LogP contribution is 2.32. The maximum Gasteiger partial charge on any atom is 0.238 e. The summed E-state index contributed by atoms with van der Waals surface area (Å²) in [6, 6.07) is 6.30. The van der Waals surface area contributed by atoms with Gasteiger partial charge < -0.3 is 10.6 Å². The molecule has 1 fully saturated rings. The van der Waals surface area contributed by atoms with Crippen LogP contribution in [0, 0.1) is 0 Å². The number of amides is 2. The van der Waals surface area contributed by atoms with Crippen molar-refractivity contribution >= 4 is 17.5 Å². The smallest absolute Gasteiger partial charge is 0.238 e. The first-order valence-electron chi connectivity index (χ1n) is 11.6. The molecule has 1 aromatic rings. The lowest BCUT2D eigenvalue weighted by molar-refractivity contribution is -0.123. The normalized spacial score (nSPS) is 16.4. The molecule has 1 aliphatic rings. The van der Waals surface area contributed by atoms with Crippen molar-refractivity contribution in [2.75, 3.05) is 44.6 Å². The lowest BCUT2D eigenvalue weighted by Crippen LogP contribution is -2.46. The molecule has 1 aliphatic heterocycles. The Hall–Kier alpha value is -1.92. The van der Waals surface area contributed by atoms with E-state index in [4.69, 9.17) is 0 Å². The van der Waals surface area contributed by atoms with Crippen LogP contribution >= 0.6 is 0 Å². The molecular weight excluding hydrogens is 388 g/mol. The molecule has 0 unspecified atom stereocenters. The maximum atomic E-state index is 12.9. The van der Waals surface area contributed by atoms with Crippen LogP contribution in [0.3, 0.4) is 0 Å². The predicted molar refractivity (Wildman–Crippen MR) is 129 cm³/mol. The minimum Gasteiger partial charge on any atom is -0.350 e. The molecule has 1 saturated heterocycles. The Balaban J connectivity index is 1.95. The fourth-order valence-electron chi connectivity index (χ4n) is 4.08. The average molecular weight is 431 g/mol. The second-order valence-corrected chi connectivity index (χ2v) is 10.4. The van der Waals surface area contributed by atoms with Crippen molar-refractivity contribution in [1.82, 2.24) is 15.1 Å². The third-order valence-corrected chi connectivity index (χ3v) is 5.57. The Labute approximate surface area is 188 Å². The van der Waals surface area contributed by atoms with Crippen molar-refractivity contribution in [2.24, 2.45) is 0 Å². The SMILES string of the molecule is CC(C)c1cccc(C(C)C)c1NC(=O)CN1CCCN(CC(=O)NC(C)(C)C)CC1. The summed E-state index contributed by atoms with van der Waals surface area (Å²) >= 11 is 0. The van der Waals surface area contributed by atoms with Gasteiger partial charge in [0.25, 0.3) is 0 Å². The third kappa shape index (κ3) is 8.26. The number of para-hydroxylation sites is 1. The molecule has 0 radical (unpaired) electrons. The number of hydrogen-bond donors (Lipinski definition) is 2. The molecule has 0 saturated carbocycles. The molecule has 0 aromatic heterocycles. The van der Waals surface area contributed by atoms with Gasteiger partial charge in [0, 0.05) is 24.3 Å². The molecule has 174 valence electrons. The largest absolute Gasteiger partial charge is 0.350 e. The van der Waals surface area contributed by atoms with Gasteiger partial charge in [-0.15, -0.1) is 0 Å². The summed E-state index contributed by atoms with van der Waals surface area (Å²) in [5.41, 5.74) is 3.14. The van der Waals surface area contributed by atoms with Gasteiger partial charge >= 0.3 is 0 Å². The van der Waals surface area contributed by atoms with Gasteiger partial charge in [-0.1, -0.05) is 45.9 Å². The molecule has 0 atom stereocenters. The van der Waals surface area contributed by atoms with Crippen LogP contribution in [0.15, 0.2) is 18.2 Å². The molecule has 31 heavy (non-hydrogen) atoms. The highest BCUT2D eigenvalue weighted by atomic mass is 16.2. The number of carbonyl (C=O) groups is 2. The summed E-state index contributed by atoms with van der Waals surface area (Å²) in [7, 11) is 0. The number of nitrogens with zero attached hydrogens (tertiary/aromatic N) is 2. The zero-order chi connectivity index (χ0) is 23.2. The van der Waals surface area contributed by atoms with Crippen LogP contribution in [0.25, 0.3) is 0 Å². The van der Waals surface area contributed by atoms with Crippen molar-refractivity contribution in [1.29, 1.82) is 0 Å². The third-order valence-electron chi connectivity index (χ3n) is 5.57. The van der Waals surface area contributed by atoms with Gasteiger partial charge in [-0.25, -0.2) is 0 Å². The Kier molecular flexibility index (Phi) is 9.07. The topological polar surface area (TPSA) is 64.7 Å². The molecule has 2 rings (SSSR count). The summed E-state index contributed by atoms with van der Waals surface area (Å²) in [6.45, 7) is 18.8. The van der Waals surface area contributed by atoms with Crippen LogP contribution in [0.5, 0.6) is 0 Å². The molecule has 6 nitrogen and oxygen atoms in total. The lowest BCUT2D eigenvalue weighted by atomic mass is 9.92. The average Bonchev–Trinajstić information content (AvgIpc) is 2.84. The molecule has 0 bridgehead atoms. The van der Waals surface area contributed by atoms with Crippen molar-refractivity contribution in [3.05, 3.63) is 29.3 Å². The van der Waals surface area contributed by atoms with E-state index >= 15 is 0 Å². The van der Waals surface area contributed by atoms with Crippen LogP contribution in [-0.2, 0) is 9.59 Å². The van der Waals surface area contributed by atoms with Gasteiger partial charge in [0.1, 0.15) is 0 Å². The number of benzene rings is 1. The van der Waals surface area contributed by atoms with E-state index in [-0.39, 0.29) is 17.4 Å². The standard InChI is InChI=1S/C25H42N4O2/c1-18(2)20-10-8-11-21(19(3)4)24(20)26-22(30)16-28-12-9-13-29(15-14-28)17-23(31)27-25(5,6)7/h8,10-11,18-19H,9,12-17H2,1-7H3,(H,26,30)(H,27,31). The van der Waals surface area contributed by atoms with E-state index in [1.165, 1.54) is 11.1 Å². The molecule has 1 heterocycles. The highest BCUT2D eigenvalue weighted by Gasteiger charge is 2.22. The van der Waals surface area contributed by atoms with Crippen molar-refractivity contribution in [2.45, 2.75) is 72.3 Å². The molecule has 0 spiro atoms. The van der Waals surface area contributed by atoms with E-state index in [9.17, 15) is 9.59 Å². The summed E-state index contributed by atoms with van der Waals surface area (Å²) in [5, 5.41) is 6.25. The first kappa shape index (κ1) is 25.3. The van der Waals surface area contributed by atoms with E-state index in [1.807, 2.05) is 20.8 Å². The van der Waals surface area contributed by atoms with E-state index in [0.29, 0.717) is 24.9 Å². The van der Waals surface area contributed by atoms with Gasteiger partial charge in [0.05, 0.1) is 13.1 Å². The molecule has 1 aromatic carbocycles.